The summed E-state index contributed by atoms with van der Waals surface area (Å²) in [5.41, 5.74) is 3.42. The molecule has 0 saturated carbocycles. The van der Waals surface area contributed by atoms with Crippen LogP contribution >= 0.6 is 11.6 Å². The minimum absolute atomic E-state index is 0.118. The summed E-state index contributed by atoms with van der Waals surface area (Å²) in [5.74, 6) is 6.24. The first kappa shape index (κ1) is 24.2. The third kappa shape index (κ3) is 6.15. The van der Waals surface area contributed by atoms with Crippen LogP contribution in [-0.4, -0.2) is 49.3 Å². The van der Waals surface area contributed by atoms with Crippen molar-refractivity contribution in [3.63, 3.8) is 0 Å². The van der Waals surface area contributed by atoms with Gasteiger partial charge in [-0.3, -0.25) is 4.90 Å². The fraction of sp³-hybridized carbons (Fsp3) is 0.321. The average Bonchev–Trinajstić information content (AvgIpc) is 3.27. The Hall–Kier alpha value is -2.91. The van der Waals surface area contributed by atoms with Gasteiger partial charge in [-0.1, -0.05) is 29.7 Å². The molecule has 34 heavy (non-hydrogen) atoms. The summed E-state index contributed by atoms with van der Waals surface area (Å²) in [7, 11) is 1.75. The fourth-order valence-electron chi connectivity index (χ4n) is 4.19. The van der Waals surface area contributed by atoms with Crippen LogP contribution in [-0.2, 0) is 4.74 Å². The van der Waals surface area contributed by atoms with Gasteiger partial charge >= 0.3 is 0 Å². The van der Waals surface area contributed by atoms with Crippen molar-refractivity contribution in [2.75, 3.05) is 33.4 Å². The molecule has 6 heteroatoms. The van der Waals surface area contributed by atoms with Gasteiger partial charge in [0.2, 0.25) is 0 Å². The molecule has 3 aromatic rings. The smallest absolute Gasteiger partial charge is 0.158 e. The van der Waals surface area contributed by atoms with Crippen LogP contribution in [0.25, 0.3) is 11.1 Å². The number of nitrogens with zero attached hydrogens (tertiary/aromatic N) is 2. The van der Waals surface area contributed by atoms with E-state index in [2.05, 4.69) is 21.7 Å². The van der Waals surface area contributed by atoms with Crippen LogP contribution in [0, 0.1) is 24.6 Å². The van der Waals surface area contributed by atoms with Crippen LogP contribution in [0.15, 0.2) is 54.7 Å². The Morgan fingerprint density at radius 2 is 1.94 bits per heavy atom. The zero-order valence-electron chi connectivity index (χ0n) is 19.5. The average molecular weight is 479 g/mol. The van der Waals surface area contributed by atoms with Gasteiger partial charge in [0.25, 0.3) is 0 Å². The Bertz CT molecular complexity index is 1190. The molecule has 1 saturated heterocycles. The van der Waals surface area contributed by atoms with Crippen molar-refractivity contribution in [1.82, 2.24) is 9.88 Å². The van der Waals surface area contributed by atoms with Crippen molar-refractivity contribution in [1.29, 1.82) is 0 Å². The summed E-state index contributed by atoms with van der Waals surface area (Å²) in [5, 5.41) is 0.633. The maximum absolute atomic E-state index is 14.6. The molecule has 0 amide bonds. The van der Waals surface area contributed by atoms with Crippen LogP contribution in [0.4, 0.5) is 4.39 Å². The maximum atomic E-state index is 14.6. The number of aryl methyl sites for hydroxylation is 1. The number of hydrogen-bond donors (Lipinski definition) is 0. The molecule has 4 nitrogen and oxygen atoms in total. The molecule has 0 N–H and O–H groups in total. The van der Waals surface area contributed by atoms with Gasteiger partial charge in [-0.2, -0.15) is 0 Å². The minimum atomic E-state index is -0.453. The molecule has 176 valence electrons. The molecule has 1 atom stereocenters. The monoisotopic (exact) mass is 478 g/mol. The van der Waals surface area contributed by atoms with E-state index in [4.69, 9.17) is 21.1 Å². The molecule has 0 bridgehead atoms. The van der Waals surface area contributed by atoms with E-state index in [1.54, 1.807) is 25.4 Å². The second-order valence-corrected chi connectivity index (χ2v) is 8.86. The van der Waals surface area contributed by atoms with E-state index in [1.807, 2.05) is 37.3 Å². The second kappa shape index (κ2) is 11.5. The third-order valence-corrected chi connectivity index (χ3v) is 6.27. The molecule has 0 aliphatic carbocycles. The van der Waals surface area contributed by atoms with E-state index in [-0.39, 0.29) is 5.69 Å². The number of pyridine rings is 1. The van der Waals surface area contributed by atoms with Crippen molar-refractivity contribution in [2.24, 2.45) is 0 Å². The van der Waals surface area contributed by atoms with Crippen molar-refractivity contribution in [3.8, 4) is 28.7 Å². The predicted octanol–water partition coefficient (Wildman–Crippen LogP) is 5.74. The summed E-state index contributed by atoms with van der Waals surface area (Å²) in [6, 6.07) is 14.9. The fourth-order valence-corrected chi connectivity index (χ4v) is 4.32. The quantitative estimate of drug-likeness (QED) is 0.406. The number of ether oxygens (including phenoxy) is 2. The van der Waals surface area contributed by atoms with E-state index in [1.165, 1.54) is 18.9 Å². The Labute approximate surface area is 205 Å². The number of rotatable bonds is 7. The number of hydrogen-bond acceptors (Lipinski definition) is 4. The van der Waals surface area contributed by atoms with Crippen LogP contribution in [0.3, 0.4) is 0 Å². The van der Waals surface area contributed by atoms with Crippen LogP contribution in [0.5, 0.6) is 5.75 Å². The molecular weight excluding hydrogens is 451 g/mol. The predicted molar refractivity (Wildman–Crippen MR) is 134 cm³/mol. The lowest BCUT2D eigenvalue weighted by atomic mass is 10.1. The summed E-state index contributed by atoms with van der Waals surface area (Å²) in [4.78, 5) is 6.64. The molecule has 1 aliphatic heterocycles. The molecule has 1 aliphatic rings. The van der Waals surface area contributed by atoms with E-state index in [0.29, 0.717) is 23.2 Å². The van der Waals surface area contributed by atoms with E-state index >= 15 is 0 Å². The summed E-state index contributed by atoms with van der Waals surface area (Å²) in [6.45, 7) is 5.36. The molecule has 0 radical (unpaired) electrons. The number of methoxy groups -OCH3 is 1. The first-order valence-corrected chi connectivity index (χ1v) is 11.8. The molecular formula is C28H28ClFN2O2. The highest BCUT2D eigenvalue weighted by atomic mass is 35.5. The lowest BCUT2D eigenvalue weighted by molar-refractivity contribution is 0.105. The molecule has 2 heterocycles. The number of benzene rings is 2. The van der Waals surface area contributed by atoms with Gasteiger partial charge in [0.05, 0.1) is 6.61 Å². The molecule has 2 aromatic carbocycles. The largest absolute Gasteiger partial charge is 0.492 e. The molecule has 0 spiro atoms. The lowest BCUT2D eigenvalue weighted by Crippen LogP contribution is -2.35. The van der Waals surface area contributed by atoms with Gasteiger partial charge in [-0.15, -0.1) is 0 Å². The Morgan fingerprint density at radius 1 is 1.12 bits per heavy atom. The van der Waals surface area contributed by atoms with Gasteiger partial charge < -0.3 is 9.47 Å². The standard InChI is InChI=1S/C28H28ClFN2O2/c1-20-16-21(6-12-28(20)34-15-14-32-13-3-4-25(32)19-33-2)5-11-27-26(30)17-23(18-31-27)22-7-9-24(29)10-8-22/h6-10,12,16-18,25H,3-4,13-15,19H2,1-2H3/t25-/m0/s1. The lowest BCUT2D eigenvalue weighted by Gasteiger charge is -2.23. The molecule has 0 unspecified atom stereocenters. The van der Waals surface area contributed by atoms with Gasteiger partial charge in [0.15, 0.2) is 5.82 Å². The van der Waals surface area contributed by atoms with Crippen molar-refractivity contribution in [3.05, 3.63) is 82.4 Å². The molecule has 1 aromatic heterocycles. The van der Waals surface area contributed by atoms with Gasteiger partial charge in [-0.05, 0) is 79.8 Å². The first-order valence-electron chi connectivity index (χ1n) is 11.4. The SMILES string of the molecule is COC[C@@H]1CCCN1CCOc1ccc(C#Cc2ncc(-c3ccc(Cl)cc3)cc2F)cc1C. The second-order valence-electron chi connectivity index (χ2n) is 8.43. The zero-order valence-corrected chi connectivity index (χ0v) is 20.2. The number of aromatic nitrogens is 1. The van der Waals surface area contributed by atoms with Gasteiger partial charge in [-0.25, -0.2) is 9.37 Å². The van der Waals surface area contributed by atoms with E-state index in [0.717, 1.165) is 42.1 Å². The Balaban J connectivity index is 1.37. The zero-order chi connectivity index (χ0) is 23.9. The number of halogens is 2. The summed E-state index contributed by atoms with van der Waals surface area (Å²) in [6.07, 6.45) is 4.01. The van der Waals surface area contributed by atoms with E-state index < -0.39 is 5.82 Å². The maximum Gasteiger partial charge on any atom is 0.158 e. The molecule has 1 fully saturated rings. The summed E-state index contributed by atoms with van der Waals surface area (Å²) < 4.78 is 25.9. The van der Waals surface area contributed by atoms with Crippen molar-refractivity contribution in [2.45, 2.75) is 25.8 Å². The minimum Gasteiger partial charge on any atom is -0.492 e. The third-order valence-electron chi connectivity index (χ3n) is 6.01. The van der Waals surface area contributed by atoms with E-state index in [9.17, 15) is 4.39 Å². The highest BCUT2D eigenvalue weighted by Gasteiger charge is 2.23. The molecule has 4 rings (SSSR count). The highest BCUT2D eigenvalue weighted by molar-refractivity contribution is 6.30. The Morgan fingerprint density at radius 3 is 2.68 bits per heavy atom. The highest BCUT2D eigenvalue weighted by Crippen LogP contribution is 2.23. The first-order chi connectivity index (χ1) is 16.5. The van der Waals surface area contributed by atoms with Crippen LogP contribution < -0.4 is 4.74 Å². The summed E-state index contributed by atoms with van der Waals surface area (Å²) >= 11 is 5.92. The van der Waals surface area contributed by atoms with Crippen LogP contribution in [0.1, 0.15) is 29.7 Å². The normalized spacial score (nSPS) is 15.7. The topological polar surface area (TPSA) is 34.6 Å². The van der Waals surface area contributed by atoms with Crippen molar-refractivity contribution < 1.29 is 13.9 Å². The van der Waals surface area contributed by atoms with Gasteiger partial charge in [0.1, 0.15) is 18.1 Å². The van der Waals surface area contributed by atoms with Crippen LogP contribution in [0.2, 0.25) is 5.02 Å². The van der Waals surface area contributed by atoms with Gasteiger partial charge in [0, 0.05) is 42.0 Å². The van der Waals surface area contributed by atoms with Crippen molar-refractivity contribution >= 4 is 11.6 Å². The number of likely N-dealkylation sites (tertiary alicyclic amines) is 1. The Kier molecular flexibility index (Phi) is 8.18.